The number of piperazine rings is 1. The van der Waals surface area contributed by atoms with Crippen LogP contribution < -0.4 is 10.5 Å². The topological polar surface area (TPSA) is 71.3 Å². The molecule has 1 amide bonds. The molecule has 0 atom stereocenters. The molecule has 0 spiro atoms. The molecule has 0 radical (unpaired) electrons. The lowest BCUT2D eigenvalue weighted by atomic mass is 10.1. The predicted octanol–water partition coefficient (Wildman–Crippen LogP) is 2.22. The molecule has 1 saturated heterocycles. The van der Waals surface area contributed by atoms with E-state index in [9.17, 15) is 14.0 Å². The van der Waals surface area contributed by atoms with E-state index >= 15 is 0 Å². The fourth-order valence-corrected chi connectivity index (χ4v) is 3.74. The number of fused-ring (bicyclic) bond motifs is 1. The average Bonchev–Trinajstić information content (AvgIpc) is 2.74. The molecule has 29 heavy (non-hydrogen) atoms. The Bertz CT molecular complexity index is 1140. The molecule has 0 saturated carbocycles. The first kappa shape index (κ1) is 19.0. The quantitative estimate of drug-likeness (QED) is 0.680. The van der Waals surface area contributed by atoms with Crippen LogP contribution in [0.5, 0.6) is 0 Å². The number of nitrogens with zero attached hydrogens (tertiary/aromatic N) is 5. The average molecular weight is 395 g/mol. The summed E-state index contributed by atoms with van der Waals surface area (Å²) < 4.78 is 14.7. The number of hydrogen-bond donors (Lipinski definition) is 0. The van der Waals surface area contributed by atoms with Gasteiger partial charge in [0.25, 0.3) is 11.5 Å². The molecule has 0 unspecified atom stereocenters. The minimum Gasteiger partial charge on any atom is -0.353 e. The molecular formula is C21H22FN5O2. The van der Waals surface area contributed by atoms with Crippen molar-refractivity contribution >= 4 is 22.5 Å². The van der Waals surface area contributed by atoms with Gasteiger partial charge < -0.3 is 9.80 Å². The summed E-state index contributed by atoms with van der Waals surface area (Å²) in [7, 11) is 0. The molecule has 1 aliphatic heterocycles. The lowest BCUT2D eigenvalue weighted by Gasteiger charge is -2.36. The number of carbonyl (C=O) groups excluding carboxylic acids is 1. The van der Waals surface area contributed by atoms with Gasteiger partial charge in [0.15, 0.2) is 5.69 Å². The zero-order valence-corrected chi connectivity index (χ0v) is 16.4. The summed E-state index contributed by atoms with van der Waals surface area (Å²) in [6.07, 6.45) is 1.21. The van der Waals surface area contributed by atoms with Gasteiger partial charge in [0, 0.05) is 38.1 Å². The summed E-state index contributed by atoms with van der Waals surface area (Å²) >= 11 is 0. The molecule has 3 heterocycles. The second-order valence-electron chi connectivity index (χ2n) is 7.09. The van der Waals surface area contributed by atoms with E-state index in [2.05, 4.69) is 15.0 Å². The number of hydrogen-bond acceptors (Lipinski definition) is 5. The van der Waals surface area contributed by atoms with Crippen molar-refractivity contribution in [1.29, 1.82) is 0 Å². The van der Waals surface area contributed by atoms with Crippen molar-refractivity contribution in [2.75, 3.05) is 31.1 Å². The van der Waals surface area contributed by atoms with Gasteiger partial charge in [-0.25, -0.2) is 14.1 Å². The highest BCUT2D eigenvalue weighted by Gasteiger charge is 2.26. The smallest absolute Gasteiger partial charge is 0.275 e. The first-order valence-electron chi connectivity index (χ1n) is 9.66. The third-order valence-corrected chi connectivity index (χ3v) is 5.25. The van der Waals surface area contributed by atoms with Crippen LogP contribution in [0.3, 0.4) is 0 Å². The normalized spacial score (nSPS) is 14.4. The van der Waals surface area contributed by atoms with Gasteiger partial charge in [-0.15, -0.1) is 0 Å². The Hall–Kier alpha value is -3.29. The number of aromatic nitrogens is 3. The summed E-state index contributed by atoms with van der Waals surface area (Å²) in [6, 6.07) is 8.54. The van der Waals surface area contributed by atoms with Crippen molar-refractivity contribution in [1.82, 2.24) is 19.7 Å². The molecule has 1 aromatic carbocycles. The van der Waals surface area contributed by atoms with Crippen LogP contribution in [0.25, 0.3) is 10.8 Å². The summed E-state index contributed by atoms with van der Waals surface area (Å²) in [4.78, 5) is 33.7. The first-order valence-corrected chi connectivity index (χ1v) is 9.66. The Morgan fingerprint density at radius 1 is 1.14 bits per heavy atom. The fraction of sp³-hybridized carbons (Fsp3) is 0.333. The number of amides is 1. The van der Waals surface area contributed by atoms with Gasteiger partial charge in [-0.1, -0.05) is 18.2 Å². The highest BCUT2D eigenvalue weighted by Crippen LogP contribution is 2.21. The molecule has 3 aromatic rings. The van der Waals surface area contributed by atoms with Crippen LogP contribution in [-0.2, 0) is 6.54 Å². The van der Waals surface area contributed by atoms with Crippen molar-refractivity contribution in [3.8, 4) is 0 Å². The Morgan fingerprint density at radius 3 is 2.48 bits per heavy atom. The number of carbonyl (C=O) groups is 1. The SMILES string of the molecule is CCn1nc(C(=O)N2CCN(c3ncc(F)cc3C)CC2)c2ccccc2c1=O. The molecular weight excluding hydrogens is 373 g/mol. The van der Waals surface area contributed by atoms with Crippen LogP contribution in [0.15, 0.2) is 41.3 Å². The zero-order valence-electron chi connectivity index (χ0n) is 16.4. The van der Waals surface area contributed by atoms with E-state index in [0.717, 1.165) is 11.4 Å². The molecule has 0 aliphatic carbocycles. The Balaban J connectivity index is 1.59. The largest absolute Gasteiger partial charge is 0.353 e. The minimum absolute atomic E-state index is 0.188. The Kier molecular flexibility index (Phi) is 5.00. The van der Waals surface area contributed by atoms with Gasteiger partial charge in [-0.2, -0.15) is 5.10 Å². The number of anilines is 1. The van der Waals surface area contributed by atoms with Crippen LogP contribution in [0.2, 0.25) is 0 Å². The first-order chi connectivity index (χ1) is 14.0. The molecule has 7 nitrogen and oxygen atoms in total. The number of benzene rings is 1. The van der Waals surface area contributed by atoms with Gasteiger partial charge in [-0.05, 0) is 31.5 Å². The maximum Gasteiger partial charge on any atom is 0.275 e. The van der Waals surface area contributed by atoms with Crippen molar-refractivity contribution in [2.24, 2.45) is 0 Å². The van der Waals surface area contributed by atoms with Gasteiger partial charge in [0.2, 0.25) is 0 Å². The van der Waals surface area contributed by atoms with Gasteiger partial charge in [0.05, 0.1) is 11.6 Å². The Labute approximate surface area is 167 Å². The van der Waals surface area contributed by atoms with E-state index in [1.165, 1.54) is 16.9 Å². The predicted molar refractivity (Wildman–Crippen MR) is 109 cm³/mol. The van der Waals surface area contributed by atoms with Crippen molar-refractivity contribution < 1.29 is 9.18 Å². The third kappa shape index (κ3) is 3.46. The van der Waals surface area contributed by atoms with E-state index in [4.69, 9.17) is 0 Å². The van der Waals surface area contributed by atoms with Crippen LogP contribution in [-0.4, -0.2) is 51.8 Å². The van der Waals surface area contributed by atoms with E-state index in [1.54, 1.807) is 29.2 Å². The summed E-state index contributed by atoms with van der Waals surface area (Å²) in [5, 5.41) is 5.41. The van der Waals surface area contributed by atoms with Crippen LogP contribution >= 0.6 is 0 Å². The summed E-state index contributed by atoms with van der Waals surface area (Å²) in [5.74, 6) is 0.192. The van der Waals surface area contributed by atoms with E-state index in [1.807, 2.05) is 13.8 Å². The number of halogens is 1. The molecule has 2 aromatic heterocycles. The number of pyridine rings is 1. The second-order valence-corrected chi connectivity index (χ2v) is 7.09. The standard InChI is InChI=1S/C21H22FN5O2/c1-3-27-20(28)17-7-5-4-6-16(17)18(24-27)21(29)26-10-8-25(9-11-26)19-14(2)12-15(22)13-23-19/h4-7,12-13H,3,8-11H2,1-2H3. The van der Waals surface area contributed by atoms with Crippen LogP contribution in [0, 0.1) is 12.7 Å². The minimum atomic E-state index is -0.357. The molecule has 0 N–H and O–H groups in total. The monoisotopic (exact) mass is 395 g/mol. The number of aryl methyl sites for hydroxylation is 2. The lowest BCUT2D eigenvalue weighted by molar-refractivity contribution is 0.0740. The lowest BCUT2D eigenvalue weighted by Crippen LogP contribution is -2.49. The molecule has 4 rings (SSSR count). The van der Waals surface area contributed by atoms with E-state index < -0.39 is 0 Å². The van der Waals surface area contributed by atoms with Crippen molar-refractivity contribution in [3.05, 3.63) is 64.0 Å². The maximum absolute atomic E-state index is 13.3. The molecule has 0 bridgehead atoms. The van der Waals surface area contributed by atoms with Gasteiger partial charge in [0.1, 0.15) is 11.6 Å². The third-order valence-electron chi connectivity index (χ3n) is 5.25. The number of rotatable bonds is 3. The highest BCUT2D eigenvalue weighted by atomic mass is 19.1. The van der Waals surface area contributed by atoms with Crippen molar-refractivity contribution in [2.45, 2.75) is 20.4 Å². The maximum atomic E-state index is 13.3. The molecule has 150 valence electrons. The van der Waals surface area contributed by atoms with E-state index in [-0.39, 0.29) is 17.3 Å². The van der Waals surface area contributed by atoms with E-state index in [0.29, 0.717) is 49.2 Å². The molecule has 1 fully saturated rings. The van der Waals surface area contributed by atoms with Crippen LogP contribution in [0.4, 0.5) is 10.2 Å². The zero-order chi connectivity index (χ0) is 20.5. The Morgan fingerprint density at radius 2 is 1.83 bits per heavy atom. The molecule has 1 aliphatic rings. The summed E-state index contributed by atoms with van der Waals surface area (Å²) in [5.41, 5.74) is 0.876. The molecule has 8 heteroatoms. The summed E-state index contributed by atoms with van der Waals surface area (Å²) in [6.45, 7) is 6.23. The van der Waals surface area contributed by atoms with Crippen LogP contribution in [0.1, 0.15) is 23.0 Å². The van der Waals surface area contributed by atoms with Gasteiger partial charge in [-0.3, -0.25) is 9.59 Å². The van der Waals surface area contributed by atoms with Crippen molar-refractivity contribution in [3.63, 3.8) is 0 Å². The van der Waals surface area contributed by atoms with Gasteiger partial charge >= 0.3 is 0 Å². The highest BCUT2D eigenvalue weighted by molar-refractivity contribution is 6.04. The second kappa shape index (κ2) is 7.62. The fourth-order valence-electron chi connectivity index (χ4n) is 3.74.